The molecule has 0 aliphatic rings. The Morgan fingerprint density at radius 3 is 1.25 bits per heavy atom. The first-order valence-corrected chi connectivity index (χ1v) is 4.58. The maximum absolute atomic E-state index is 6.57. The summed E-state index contributed by atoms with van der Waals surface area (Å²) in [6.45, 7) is 14.5. The molecular formula is C10H16N2. The van der Waals surface area contributed by atoms with Crippen LogP contribution in [-0.2, 0) is 0 Å². The standard InChI is InChI=1S/C10H16N2/c1-11-9-7-5-3-4-6-8-10-12-2/h3-10H2. The number of hydrogen-bond acceptors (Lipinski definition) is 0. The van der Waals surface area contributed by atoms with Crippen LogP contribution in [0.15, 0.2) is 0 Å². The fourth-order valence-corrected chi connectivity index (χ4v) is 1.09. The Morgan fingerprint density at radius 2 is 0.917 bits per heavy atom. The summed E-state index contributed by atoms with van der Waals surface area (Å²) in [7, 11) is 0. The molecule has 2 heteroatoms. The van der Waals surface area contributed by atoms with Gasteiger partial charge in [-0.15, -0.1) is 0 Å². The molecule has 2 nitrogen and oxygen atoms in total. The van der Waals surface area contributed by atoms with E-state index in [1.54, 1.807) is 0 Å². The molecule has 66 valence electrons. The molecule has 0 N–H and O–H groups in total. The molecular weight excluding hydrogens is 148 g/mol. The maximum atomic E-state index is 6.57. The van der Waals surface area contributed by atoms with Gasteiger partial charge in [0.2, 0.25) is 13.1 Å². The van der Waals surface area contributed by atoms with Crippen LogP contribution < -0.4 is 0 Å². The zero-order valence-corrected chi connectivity index (χ0v) is 7.55. The lowest BCUT2D eigenvalue weighted by molar-refractivity contribution is 0.617. The minimum absolute atomic E-state index is 0.683. The van der Waals surface area contributed by atoms with E-state index in [1.807, 2.05) is 0 Å². The molecule has 0 aromatic heterocycles. The van der Waals surface area contributed by atoms with Gasteiger partial charge in [-0.05, 0) is 12.8 Å². The molecule has 0 rings (SSSR count). The van der Waals surface area contributed by atoms with E-state index in [-0.39, 0.29) is 0 Å². The number of rotatable bonds is 7. The van der Waals surface area contributed by atoms with Gasteiger partial charge in [-0.1, -0.05) is 12.8 Å². The third kappa shape index (κ3) is 8.98. The summed E-state index contributed by atoms with van der Waals surface area (Å²) in [5.41, 5.74) is 0. The highest BCUT2D eigenvalue weighted by atomic mass is 14.6. The Hall–Kier alpha value is -1.02. The lowest BCUT2D eigenvalue weighted by Gasteiger charge is -1.95. The van der Waals surface area contributed by atoms with Crippen LogP contribution in [0.2, 0.25) is 0 Å². The van der Waals surface area contributed by atoms with Crippen LogP contribution in [0, 0.1) is 13.1 Å². The quantitative estimate of drug-likeness (QED) is 0.403. The second-order valence-corrected chi connectivity index (χ2v) is 2.88. The Kier molecular flexibility index (Phi) is 9.13. The summed E-state index contributed by atoms with van der Waals surface area (Å²) >= 11 is 0. The van der Waals surface area contributed by atoms with Crippen LogP contribution in [0.4, 0.5) is 0 Å². The molecule has 0 spiro atoms. The molecule has 12 heavy (non-hydrogen) atoms. The van der Waals surface area contributed by atoms with Crippen molar-refractivity contribution in [3.63, 3.8) is 0 Å². The van der Waals surface area contributed by atoms with Crippen molar-refractivity contribution in [3.05, 3.63) is 22.8 Å². The third-order valence-electron chi connectivity index (χ3n) is 1.79. The minimum Gasteiger partial charge on any atom is -0.317 e. The van der Waals surface area contributed by atoms with E-state index >= 15 is 0 Å². The fraction of sp³-hybridized carbons (Fsp3) is 0.800. The molecule has 0 saturated carbocycles. The van der Waals surface area contributed by atoms with Crippen molar-refractivity contribution in [2.24, 2.45) is 0 Å². The summed E-state index contributed by atoms with van der Waals surface area (Å²) in [6, 6.07) is 0. The molecule has 0 aromatic carbocycles. The van der Waals surface area contributed by atoms with E-state index in [4.69, 9.17) is 13.1 Å². The predicted molar refractivity (Wildman–Crippen MR) is 50.6 cm³/mol. The predicted octanol–water partition coefficient (Wildman–Crippen LogP) is 3.17. The van der Waals surface area contributed by atoms with E-state index < -0.39 is 0 Å². The molecule has 0 fully saturated rings. The summed E-state index contributed by atoms with van der Waals surface area (Å²) in [5, 5.41) is 0. The van der Waals surface area contributed by atoms with E-state index in [0.29, 0.717) is 13.1 Å². The van der Waals surface area contributed by atoms with Crippen molar-refractivity contribution in [3.8, 4) is 0 Å². The second kappa shape index (κ2) is 9.98. The van der Waals surface area contributed by atoms with Crippen LogP contribution in [0.5, 0.6) is 0 Å². The van der Waals surface area contributed by atoms with Gasteiger partial charge in [0, 0.05) is 12.8 Å². The highest BCUT2D eigenvalue weighted by molar-refractivity contribution is 4.60. The lowest BCUT2D eigenvalue weighted by Crippen LogP contribution is -1.82. The van der Waals surface area contributed by atoms with Gasteiger partial charge in [0.25, 0.3) is 0 Å². The van der Waals surface area contributed by atoms with Gasteiger partial charge in [0.1, 0.15) is 0 Å². The Labute approximate surface area is 75.2 Å². The van der Waals surface area contributed by atoms with Crippen LogP contribution >= 0.6 is 0 Å². The minimum atomic E-state index is 0.683. The van der Waals surface area contributed by atoms with Crippen molar-refractivity contribution in [1.29, 1.82) is 0 Å². The smallest absolute Gasteiger partial charge is 0.214 e. The van der Waals surface area contributed by atoms with Gasteiger partial charge in [-0.25, -0.2) is 13.1 Å². The molecule has 0 aromatic rings. The molecule has 0 amide bonds. The van der Waals surface area contributed by atoms with Crippen LogP contribution in [-0.4, -0.2) is 13.1 Å². The largest absolute Gasteiger partial charge is 0.317 e. The van der Waals surface area contributed by atoms with Crippen molar-refractivity contribution in [1.82, 2.24) is 0 Å². The number of unbranched alkanes of at least 4 members (excludes halogenated alkanes) is 5. The SMILES string of the molecule is [C-]#[N+]CCCCCCCC[N+]#[C-]. The summed E-state index contributed by atoms with van der Waals surface area (Å²) in [4.78, 5) is 6.59. The molecule has 0 aliphatic carbocycles. The van der Waals surface area contributed by atoms with Gasteiger partial charge in [-0.2, -0.15) is 0 Å². The third-order valence-corrected chi connectivity index (χ3v) is 1.79. The van der Waals surface area contributed by atoms with E-state index in [1.165, 1.54) is 25.7 Å². The topological polar surface area (TPSA) is 8.72 Å². The molecule has 0 unspecified atom stereocenters. The normalized spacial score (nSPS) is 8.83. The summed E-state index contributed by atoms with van der Waals surface area (Å²) in [6.07, 6.45) is 6.92. The van der Waals surface area contributed by atoms with Crippen LogP contribution in [0.25, 0.3) is 9.69 Å². The Balaban J connectivity index is 2.84. The molecule has 0 radical (unpaired) electrons. The Bertz CT molecular complexity index is 142. The first-order chi connectivity index (χ1) is 5.91. The molecule has 0 atom stereocenters. The zero-order valence-electron chi connectivity index (χ0n) is 7.55. The molecule has 0 heterocycles. The summed E-state index contributed by atoms with van der Waals surface area (Å²) < 4.78 is 0. The Morgan fingerprint density at radius 1 is 0.583 bits per heavy atom. The van der Waals surface area contributed by atoms with Gasteiger partial charge in [0.05, 0.1) is 0 Å². The van der Waals surface area contributed by atoms with E-state index in [2.05, 4.69) is 9.69 Å². The van der Waals surface area contributed by atoms with Gasteiger partial charge >= 0.3 is 0 Å². The fourth-order valence-electron chi connectivity index (χ4n) is 1.09. The first-order valence-electron chi connectivity index (χ1n) is 4.58. The second-order valence-electron chi connectivity index (χ2n) is 2.88. The zero-order chi connectivity index (χ0) is 9.07. The van der Waals surface area contributed by atoms with Crippen molar-refractivity contribution >= 4 is 0 Å². The number of nitrogens with zero attached hydrogens (tertiary/aromatic N) is 2. The van der Waals surface area contributed by atoms with Crippen LogP contribution in [0.3, 0.4) is 0 Å². The highest BCUT2D eigenvalue weighted by Gasteiger charge is 1.92. The summed E-state index contributed by atoms with van der Waals surface area (Å²) in [5.74, 6) is 0. The van der Waals surface area contributed by atoms with Crippen molar-refractivity contribution in [2.75, 3.05) is 13.1 Å². The molecule has 0 saturated heterocycles. The van der Waals surface area contributed by atoms with E-state index in [9.17, 15) is 0 Å². The molecule has 0 aliphatic heterocycles. The van der Waals surface area contributed by atoms with Gasteiger partial charge in [0.15, 0.2) is 0 Å². The van der Waals surface area contributed by atoms with Crippen molar-refractivity contribution in [2.45, 2.75) is 38.5 Å². The maximum Gasteiger partial charge on any atom is 0.214 e. The number of hydrogen-bond donors (Lipinski definition) is 0. The van der Waals surface area contributed by atoms with Crippen LogP contribution in [0.1, 0.15) is 38.5 Å². The van der Waals surface area contributed by atoms with Gasteiger partial charge in [-0.3, -0.25) is 0 Å². The highest BCUT2D eigenvalue weighted by Crippen LogP contribution is 2.05. The lowest BCUT2D eigenvalue weighted by atomic mass is 10.1. The monoisotopic (exact) mass is 164 g/mol. The van der Waals surface area contributed by atoms with Gasteiger partial charge < -0.3 is 9.69 Å². The average molecular weight is 164 g/mol. The van der Waals surface area contributed by atoms with Crippen molar-refractivity contribution < 1.29 is 0 Å². The molecule has 0 bridgehead atoms. The first kappa shape index (κ1) is 11.0. The van der Waals surface area contributed by atoms with E-state index in [0.717, 1.165) is 12.8 Å². The average Bonchev–Trinajstić information content (AvgIpc) is 2.10.